The Hall–Kier alpha value is -11.6. The van der Waals surface area contributed by atoms with E-state index in [1.54, 1.807) is 55.6 Å². The number of amides is 3. The van der Waals surface area contributed by atoms with Crippen LogP contribution in [0.25, 0.3) is 45.7 Å². The maximum absolute atomic E-state index is 14.5. The van der Waals surface area contributed by atoms with Gasteiger partial charge in [0.1, 0.15) is 99.1 Å². The predicted molar refractivity (Wildman–Crippen MR) is 457 cm³/mol. The number of likely N-dealkylation sites (tertiary alicyclic amines) is 2. The van der Waals surface area contributed by atoms with Gasteiger partial charge in [-0.05, 0) is 135 Å². The number of rotatable bonds is 30. The van der Waals surface area contributed by atoms with Crippen molar-refractivity contribution in [2.45, 2.75) is 135 Å². The number of thiophene rings is 3. The smallest absolute Gasteiger partial charge is 0.333 e. The van der Waals surface area contributed by atoms with Crippen LogP contribution in [0.4, 0.5) is 13.2 Å². The summed E-state index contributed by atoms with van der Waals surface area (Å²) in [7, 11) is 12.3. The lowest BCUT2D eigenvalue weighted by Gasteiger charge is -2.38. The molecular formula is C83H97F3N18O18S3. The Balaban J connectivity index is 0.000000161. The molecule has 3 aliphatic rings. The molecule has 0 radical (unpaired) electrons. The molecule has 36 nitrogen and oxygen atoms in total. The van der Waals surface area contributed by atoms with Crippen LogP contribution in [0.2, 0.25) is 0 Å². The number of nitrogens with one attached hydrogen (secondary N) is 1. The highest BCUT2D eigenvalue weighted by Gasteiger charge is 2.47. The Kier molecular flexibility index (Phi) is 28.0. The first-order valence-electron chi connectivity index (χ1n) is 40.0. The SMILES string of the molecule is COCCO[C@@H](Cn1c(=O)n(C2(C)CCCN(C)C2=O)c(=O)c2c(C)c(-n3nccn3)sc21)c1cc(F)ccc1OC.COCCO[C@@H](Cn1c(=O)n(C2(C)CCCNC2=O)c(=O)c2c(C)c(-n3nccn3)sc21)c1cc(F)ccc1OC.COCCO[C@@H](Cn1c(=O)n([C@]2(C)CCCN(C)C2=O)c(=O)c2c(C)c(-n3nccn3)sc21)c1cc(F)ccc1OC. The molecule has 125 heavy (non-hydrogen) atoms. The number of carbonyl (C=O) groups is 3. The van der Waals surface area contributed by atoms with Gasteiger partial charge in [-0.2, -0.15) is 30.6 Å². The highest BCUT2D eigenvalue weighted by molar-refractivity contribution is 7.22. The zero-order valence-corrected chi connectivity index (χ0v) is 73.9. The van der Waals surface area contributed by atoms with Gasteiger partial charge in [0, 0.05) is 88.4 Å². The molecule has 0 spiro atoms. The first-order chi connectivity index (χ1) is 59.9. The molecular weight excluding hydrogens is 1690 g/mol. The fourth-order valence-electron chi connectivity index (χ4n) is 16.4. The minimum Gasteiger partial charge on any atom is -0.496 e. The summed E-state index contributed by atoms with van der Waals surface area (Å²) in [5.41, 5.74) is -5.10. The summed E-state index contributed by atoms with van der Waals surface area (Å²) in [6, 6.07) is 12.2. The van der Waals surface area contributed by atoms with Gasteiger partial charge in [0.15, 0.2) is 0 Å². The Morgan fingerprint density at radius 2 is 0.704 bits per heavy atom. The fraction of sp³-hybridized carbons (Fsp3) is 0.458. The second kappa shape index (κ2) is 38.5. The molecule has 42 heteroatoms. The zero-order valence-electron chi connectivity index (χ0n) is 71.4. The number of methoxy groups -OCH3 is 6. The van der Waals surface area contributed by atoms with Crippen molar-refractivity contribution in [3.63, 3.8) is 0 Å². The predicted octanol–water partition coefficient (Wildman–Crippen LogP) is 7.56. The van der Waals surface area contributed by atoms with Crippen molar-refractivity contribution in [1.82, 2.24) is 87.5 Å². The van der Waals surface area contributed by atoms with Crippen LogP contribution in [0.15, 0.2) is 121 Å². The normalized spacial score (nSPS) is 18.1. The van der Waals surface area contributed by atoms with Crippen molar-refractivity contribution in [2.75, 3.05) is 116 Å². The third kappa shape index (κ3) is 17.5. The van der Waals surface area contributed by atoms with E-state index in [-0.39, 0.29) is 87.2 Å². The lowest BCUT2D eigenvalue weighted by Crippen LogP contribution is -2.59. The molecule has 3 amide bonds. The number of aryl methyl sites for hydroxylation is 3. The highest BCUT2D eigenvalue weighted by atomic mass is 32.1. The average molecular weight is 1790 g/mol. The van der Waals surface area contributed by atoms with E-state index >= 15 is 0 Å². The van der Waals surface area contributed by atoms with E-state index in [1.807, 2.05) is 0 Å². The molecule has 3 saturated heterocycles. The van der Waals surface area contributed by atoms with Crippen LogP contribution in [-0.2, 0) is 79.1 Å². The molecule has 0 saturated carbocycles. The van der Waals surface area contributed by atoms with Crippen LogP contribution >= 0.6 is 34.0 Å². The summed E-state index contributed by atoms with van der Waals surface area (Å²) >= 11 is 3.53. The molecule has 0 bridgehead atoms. The highest BCUT2D eigenvalue weighted by Crippen LogP contribution is 2.41. The molecule has 6 atom stereocenters. The minimum absolute atomic E-state index is 0.106. The number of hydrogen-bond donors (Lipinski definition) is 1. The van der Waals surface area contributed by atoms with E-state index in [0.29, 0.717) is 138 Å². The maximum Gasteiger partial charge on any atom is 0.333 e. The molecule has 1 N–H and O–H groups in total. The number of ether oxygens (including phenoxy) is 9. The summed E-state index contributed by atoms with van der Waals surface area (Å²) < 4.78 is 101. The van der Waals surface area contributed by atoms with Crippen LogP contribution in [0.1, 0.15) is 111 Å². The number of likely N-dealkylation sites (N-methyl/N-ethyl adjacent to an activating group) is 2. The van der Waals surface area contributed by atoms with Crippen LogP contribution in [0.5, 0.6) is 17.2 Å². The van der Waals surface area contributed by atoms with Crippen LogP contribution in [-0.4, -0.2) is 216 Å². The van der Waals surface area contributed by atoms with E-state index in [1.165, 1.54) is 206 Å². The second-order valence-electron chi connectivity index (χ2n) is 30.8. The Labute approximate surface area is 724 Å². The molecule has 0 aliphatic carbocycles. The number of piperidine rings is 3. The number of aromatic nitrogens is 15. The standard InChI is InChI=1S/2C28H33FN6O6S.C27H31FN6O6S/c2*1-17-22-23(36)34(28(2)9-6-12-32(3)26(28)37)27(38)33(25(22)42-24(17)35-30-10-11-31-35)16-21(41-14-13-39-4)19-15-18(29)7-8-20(19)40-5;1-16-21-22(35)33(27(2)8-5-9-29-25(27)36)26(37)32(24(21)41-23(16)34-30-10-11-31-34)15-20(40-13-12-38-3)18-14-17(28)6-7-19(18)39-4/h2*7-8,10-11,15,21H,6,9,12-14,16H2,1-5H3;6-7,10-11,14,20H,5,8-9,12-13,15H2,1-4H3,(H,29,36)/t21-,28?;21-,28+;20-,27?/m000/s1. The van der Waals surface area contributed by atoms with E-state index in [9.17, 15) is 56.3 Å². The number of fused-ring (bicyclic) bond motifs is 3. The summed E-state index contributed by atoms with van der Waals surface area (Å²) in [4.78, 5) is 134. The molecule has 15 rings (SSSR count). The topological polar surface area (TPSA) is 377 Å². The summed E-state index contributed by atoms with van der Waals surface area (Å²) in [5.74, 6) is -1.45. The lowest BCUT2D eigenvalue weighted by atomic mass is 9.89. The number of benzene rings is 3. The van der Waals surface area contributed by atoms with E-state index < -0.39 is 92.0 Å². The lowest BCUT2D eigenvalue weighted by molar-refractivity contribution is -0.143. The molecule has 9 aromatic heterocycles. The van der Waals surface area contributed by atoms with Crippen molar-refractivity contribution < 1.29 is 70.2 Å². The van der Waals surface area contributed by atoms with Gasteiger partial charge >= 0.3 is 17.1 Å². The quantitative estimate of drug-likeness (QED) is 0.0424. The van der Waals surface area contributed by atoms with Gasteiger partial charge in [0.2, 0.25) is 17.7 Å². The van der Waals surface area contributed by atoms with Gasteiger partial charge in [0.05, 0.1) is 134 Å². The van der Waals surface area contributed by atoms with Gasteiger partial charge in [-0.3, -0.25) is 42.5 Å². The third-order valence-electron chi connectivity index (χ3n) is 22.9. The van der Waals surface area contributed by atoms with Crippen molar-refractivity contribution in [3.05, 3.63) is 205 Å². The largest absolute Gasteiger partial charge is 0.496 e. The average Bonchev–Trinajstić information content (AvgIpc) is 1.65. The van der Waals surface area contributed by atoms with Gasteiger partial charge in [-0.25, -0.2) is 41.3 Å². The zero-order chi connectivity index (χ0) is 89.7. The van der Waals surface area contributed by atoms with Crippen molar-refractivity contribution in [1.29, 1.82) is 0 Å². The first kappa shape index (κ1) is 91.1. The maximum atomic E-state index is 14.5. The summed E-state index contributed by atoms with van der Waals surface area (Å²) in [6.45, 7) is 12.5. The molecule has 12 aromatic rings. The van der Waals surface area contributed by atoms with Crippen LogP contribution in [0.3, 0.4) is 0 Å². The molecule has 3 aromatic carbocycles. The van der Waals surface area contributed by atoms with Crippen molar-refractivity contribution in [3.8, 4) is 32.3 Å². The molecule has 3 fully saturated rings. The Morgan fingerprint density at radius 3 is 0.984 bits per heavy atom. The minimum atomic E-state index is -1.41. The molecule has 666 valence electrons. The molecule has 12 heterocycles. The van der Waals surface area contributed by atoms with Gasteiger partial charge in [0.25, 0.3) is 16.7 Å². The van der Waals surface area contributed by atoms with Crippen LogP contribution < -0.4 is 53.3 Å². The summed E-state index contributed by atoms with van der Waals surface area (Å²) in [6.07, 6.45) is 9.26. The van der Waals surface area contributed by atoms with Crippen molar-refractivity contribution in [2.24, 2.45) is 0 Å². The van der Waals surface area contributed by atoms with Gasteiger partial charge in [-0.15, -0.1) is 14.4 Å². The number of nitrogens with zero attached hydrogens (tertiary/aromatic N) is 17. The van der Waals surface area contributed by atoms with Gasteiger partial charge < -0.3 is 57.7 Å². The Morgan fingerprint density at radius 1 is 0.416 bits per heavy atom. The van der Waals surface area contributed by atoms with E-state index in [2.05, 4.69) is 35.9 Å². The Bertz CT molecular complexity index is 6110. The van der Waals surface area contributed by atoms with E-state index in [4.69, 9.17) is 42.6 Å². The summed E-state index contributed by atoms with van der Waals surface area (Å²) in [5, 5.41) is 30.6. The van der Waals surface area contributed by atoms with Gasteiger partial charge in [-0.1, -0.05) is 34.0 Å². The van der Waals surface area contributed by atoms with Crippen molar-refractivity contribution >= 4 is 82.4 Å². The monoisotopic (exact) mass is 1790 g/mol. The number of halogens is 3. The number of hydrogen-bond acceptors (Lipinski definition) is 27. The molecule has 3 aliphatic heterocycles. The molecule has 2 unspecified atom stereocenters. The van der Waals surface area contributed by atoms with Crippen LogP contribution in [0, 0.1) is 38.2 Å². The fourth-order valence-corrected chi connectivity index (χ4v) is 20.0. The van der Waals surface area contributed by atoms with E-state index in [0.717, 1.165) is 13.7 Å². The third-order valence-corrected chi connectivity index (χ3v) is 26.7. The second-order valence-corrected chi connectivity index (χ2v) is 33.7. The first-order valence-corrected chi connectivity index (χ1v) is 42.5. The number of carbonyl (C=O) groups excluding carboxylic acids is 3.